The number of rotatable bonds is 7. The molecule has 0 aliphatic carbocycles. The van der Waals surface area contributed by atoms with Crippen LogP contribution in [0.15, 0.2) is 48.5 Å². The van der Waals surface area contributed by atoms with Gasteiger partial charge in [0.2, 0.25) is 11.8 Å². The average Bonchev–Trinajstić information content (AvgIpc) is 3.44. The van der Waals surface area contributed by atoms with Crippen LogP contribution in [-0.4, -0.2) is 59.1 Å². The lowest BCUT2D eigenvalue weighted by Crippen LogP contribution is -2.42. The Labute approximate surface area is 200 Å². The van der Waals surface area contributed by atoms with E-state index in [4.69, 9.17) is 9.72 Å². The van der Waals surface area contributed by atoms with E-state index in [1.807, 2.05) is 38.6 Å². The van der Waals surface area contributed by atoms with Gasteiger partial charge in [-0.15, -0.1) is 0 Å². The maximum absolute atomic E-state index is 13.1. The van der Waals surface area contributed by atoms with Crippen molar-refractivity contribution < 1.29 is 14.3 Å². The van der Waals surface area contributed by atoms with Gasteiger partial charge in [-0.3, -0.25) is 9.59 Å². The number of fused-ring (bicyclic) bond motifs is 1. The van der Waals surface area contributed by atoms with Gasteiger partial charge in [0, 0.05) is 37.7 Å². The monoisotopic (exact) mass is 460 g/mol. The molecule has 0 bridgehead atoms. The van der Waals surface area contributed by atoms with Gasteiger partial charge in [-0.05, 0) is 42.7 Å². The number of morpholine rings is 1. The number of aryl methyl sites for hydroxylation is 1. The predicted octanol–water partition coefficient (Wildman–Crippen LogP) is 3.76. The lowest BCUT2D eigenvalue weighted by molar-refractivity contribution is -0.135. The second kappa shape index (κ2) is 9.97. The minimum absolute atomic E-state index is 0.0582. The topological polar surface area (TPSA) is 67.7 Å². The Balaban J connectivity index is 1.39. The maximum atomic E-state index is 13.1. The molecule has 2 aliphatic rings. The van der Waals surface area contributed by atoms with Crippen molar-refractivity contribution in [3.05, 3.63) is 59.9 Å². The molecule has 3 heterocycles. The van der Waals surface area contributed by atoms with Crippen LogP contribution in [0.2, 0.25) is 0 Å². The summed E-state index contributed by atoms with van der Waals surface area (Å²) in [5.74, 6) is 0.927. The smallest absolute Gasteiger partial charge is 0.242 e. The standard InChI is InChI=1S/C27H32N4O3/c1-2-3-6-20-9-11-22(12-10-20)30-18-21(17-25(30)32)27-28-23-7-4-5-8-24(23)31(27)19-26(33)29-13-15-34-16-14-29/h4-5,7-12,21H,2-3,6,13-19H2,1H3. The molecule has 7 heteroatoms. The largest absolute Gasteiger partial charge is 0.378 e. The number of hydrogen-bond acceptors (Lipinski definition) is 4. The highest BCUT2D eigenvalue weighted by molar-refractivity contribution is 5.96. The second-order valence-electron chi connectivity index (χ2n) is 9.21. The summed E-state index contributed by atoms with van der Waals surface area (Å²) in [5.41, 5.74) is 4.03. The van der Waals surface area contributed by atoms with Crippen LogP contribution in [0.25, 0.3) is 11.0 Å². The molecule has 1 unspecified atom stereocenters. The van der Waals surface area contributed by atoms with Crippen molar-refractivity contribution in [2.24, 2.45) is 0 Å². The SMILES string of the molecule is CCCCc1ccc(N2CC(c3nc4ccccc4n3CC(=O)N3CCOCC3)CC2=O)cc1. The van der Waals surface area contributed by atoms with Gasteiger partial charge in [0.1, 0.15) is 12.4 Å². The molecule has 2 amide bonds. The van der Waals surface area contributed by atoms with Crippen molar-refractivity contribution in [1.82, 2.24) is 14.5 Å². The molecule has 34 heavy (non-hydrogen) atoms. The zero-order valence-corrected chi connectivity index (χ0v) is 19.8. The number of ether oxygens (including phenoxy) is 1. The van der Waals surface area contributed by atoms with Crippen molar-refractivity contribution in [2.75, 3.05) is 37.7 Å². The summed E-state index contributed by atoms with van der Waals surface area (Å²) in [6.07, 6.45) is 3.80. The van der Waals surface area contributed by atoms with E-state index in [1.165, 1.54) is 18.4 Å². The summed E-state index contributed by atoms with van der Waals surface area (Å²) < 4.78 is 7.41. The highest BCUT2D eigenvalue weighted by Crippen LogP contribution is 2.33. The van der Waals surface area contributed by atoms with Crippen LogP contribution in [0.4, 0.5) is 5.69 Å². The Hall–Kier alpha value is -3.19. The van der Waals surface area contributed by atoms with Crippen LogP contribution in [0.3, 0.4) is 0 Å². The van der Waals surface area contributed by atoms with Gasteiger partial charge in [-0.25, -0.2) is 4.98 Å². The molecule has 1 atom stereocenters. The first-order valence-corrected chi connectivity index (χ1v) is 12.3. The number of carbonyl (C=O) groups is 2. The molecule has 2 fully saturated rings. The molecule has 2 aromatic carbocycles. The van der Waals surface area contributed by atoms with Crippen molar-refractivity contribution in [3.8, 4) is 0 Å². The maximum Gasteiger partial charge on any atom is 0.242 e. The summed E-state index contributed by atoms with van der Waals surface area (Å²) in [7, 11) is 0. The summed E-state index contributed by atoms with van der Waals surface area (Å²) in [4.78, 5) is 34.7. The van der Waals surface area contributed by atoms with Gasteiger partial charge in [-0.2, -0.15) is 0 Å². The summed E-state index contributed by atoms with van der Waals surface area (Å²) in [5, 5.41) is 0. The molecule has 0 spiro atoms. The van der Waals surface area contributed by atoms with E-state index in [0.717, 1.165) is 29.0 Å². The van der Waals surface area contributed by atoms with Crippen LogP contribution in [0.5, 0.6) is 0 Å². The third-order valence-electron chi connectivity index (χ3n) is 6.90. The minimum atomic E-state index is -0.0582. The summed E-state index contributed by atoms with van der Waals surface area (Å²) in [6.45, 7) is 5.38. The fraction of sp³-hybridized carbons (Fsp3) is 0.444. The average molecular weight is 461 g/mol. The van der Waals surface area contributed by atoms with Crippen molar-refractivity contribution >= 4 is 28.5 Å². The molecule has 0 saturated carbocycles. The van der Waals surface area contributed by atoms with Crippen molar-refractivity contribution in [3.63, 3.8) is 0 Å². The molecule has 2 saturated heterocycles. The lowest BCUT2D eigenvalue weighted by atomic mass is 10.1. The quantitative estimate of drug-likeness (QED) is 0.539. The Kier molecular flexibility index (Phi) is 6.63. The highest BCUT2D eigenvalue weighted by atomic mass is 16.5. The zero-order valence-electron chi connectivity index (χ0n) is 19.8. The van der Waals surface area contributed by atoms with Gasteiger partial charge in [0.25, 0.3) is 0 Å². The van der Waals surface area contributed by atoms with E-state index in [2.05, 4.69) is 31.2 Å². The molecule has 0 N–H and O–H groups in total. The van der Waals surface area contributed by atoms with E-state index in [9.17, 15) is 9.59 Å². The molecule has 0 radical (unpaired) electrons. The fourth-order valence-electron chi connectivity index (χ4n) is 4.97. The Morgan fingerprint density at radius 2 is 1.85 bits per heavy atom. The van der Waals surface area contributed by atoms with Crippen LogP contribution < -0.4 is 4.90 Å². The van der Waals surface area contributed by atoms with E-state index >= 15 is 0 Å². The van der Waals surface area contributed by atoms with Gasteiger partial charge < -0.3 is 19.1 Å². The first kappa shape index (κ1) is 22.6. The Bertz CT molecular complexity index is 1160. The number of hydrogen-bond donors (Lipinski definition) is 0. The van der Waals surface area contributed by atoms with Gasteiger partial charge in [0.15, 0.2) is 0 Å². The number of para-hydroxylation sites is 2. The van der Waals surface area contributed by atoms with Gasteiger partial charge in [0.05, 0.1) is 24.2 Å². The molecule has 1 aromatic heterocycles. The van der Waals surface area contributed by atoms with Crippen LogP contribution in [0.1, 0.15) is 43.5 Å². The molecular weight excluding hydrogens is 428 g/mol. The predicted molar refractivity (Wildman–Crippen MR) is 132 cm³/mol. The number of nitrogens with zero attached hydrogens (tertiary/aromatic N) is 4. The Morgan fingerprint density at radius 1 is 1.09 bits per heavy atom. The van der Waals surface area contributed by atoms with Crippen molar-refractivity contribution in [2.45, 2.75) is 45.1 Å². The molecule has 2 aliphatic heterocycles. The fourth-order valence-corrected chi connectivity index (χ4v) is 4.97. The molecule has 3 aromatic rings. The number of anilines is 1. The van der Waals surface area contributed by atoms with E-state index < -0.39 is 0 Å². The number of aromatic nitrogens is 2. The number of amides is 2. The van der Waals surface area contributed by atoms with E-state index in [0.29, 0.717) is 39.3 Å². The minimum Gasteiger partial charge on any atom is -0.378 e. The molecular formula is C27H32N4O3. The number of unbranched alkanes of at least 4 members (excludes halogenated alkanes) is 1. The summed E-state index contributed by atoms with van der Waals surface area (Å²) >= 11 is 0. The van der Waals surface area contributed by atoms with E-state index in [1.54, 1.807) is 0 Å². The first-order valence-electron chi connectivity index (χ1n) is 12.3. The number of carbonyl (C=O) groups excluding carboxylic acids is 2. The van der Waals surface area contributed by atoms with Crippen molar-refractivity contribution in [1.29, 1.82) is 0 Å². The number of benzene rings is 2. The molecule has 7 nitrogen and oxygen atoms in total. The van der Waals surface area contributed by atoms with Crippen LogP contribution in [-0.2, 0) is 27.3 Å². The van der Waals surface area contributed by atoms with E-state index in [-0.39, 0.29) is 24.3 Å². The van der Waals surface area contributed by atoms with Gasteiger partial charge in [-0.1, -0.05) is 37.6 Å². The zero-order chi connectivity index (χ0) is 23.5. The van der Waals surface area contributed by atoms with Crippen LogP contribution >= 0.6 is 0 Å². The summed E-state index contributed by atoms with van der Waals surface area (Å²) in [6, 6.07) is 16.3. The third-order valence-corrected chi connectivity index (χ3v) is 6.90. The third kappa shape index (κ3) is 4.57. The first-order chi connectivity index (χ1) is 16.6. The number of imidazole rings is 1. The molecule has 5 rings (SSSR count). The normalized spacial score (nSPS) is 18.7. The van der Waals surface area contributed by atoms with Gasteiger partial charge >= 0.3 is 0 Å². The second-order valence-corrected chi connectivity index (χ2v) is 9.21. The highest BCUT2D eigenvalue weighted by Gasteiger charge is 2.35. The molecule has 178 valence electrons. The Morgan fingerprint density at radius 3 is 2.62 bits per heavy atom. The lowest BCUT2D eigenvalue weighted by Gasteiger charge is -2.27. The van der Waals surface area contributed by atoms with Crippen LogP contribution in [0, 0.1) is 0 Å².